The van der Waals surface area contributed by atoms with Gasteiger partial charge in [-0.15, -0.1) is 0 Å². The van der Waals surface area contributed by atoms with E-state index in [4.69, 9.17) is 21.4 Å². The minimum absolute atomic E-state index is 0.0831. The van der Waals surface area contributed by atoms with Gasteiger partial charge in [0, 0.05) is 24.2 Å². The van der Waals surface area contributed by atoms with E-state index in [1.807, 2.05) is 0 Å². The van der Waals surface area contributed by atoms with Gasteiger partial charge in [0.25, 0.3) is 0 Å². The van der Waals surface area contributed by atoms with Gasteiger partial charge in [0.2, 0.25) is 10.0 Å². The lowest BCUT2D eigenvalue weighted by Crippen LogP contribution is -2.25. The van der Waals surface area contributed by atoms with Gasteiger partial charge >= 0.3 is 0 Å². The Kier molecular flexibility index (Phi) is 7.29. The molecule has 0 aromatic heterocycles. The number of ether oxygens (including phenoxy) is 1. The molecule has 0 saturated carbocycles. The molecule has 1 aromatic rings. The van der Waals surface area contributed by atoms with E-state index in [1.54, 1.807) is 0 Å². The SMILES string of the molecule is COc1cc(Cl)ccc1S(=O)(=O)NCCCCCCO. The summed E-state index contributed by atoms with van der Waals surface area (Å²) in [4.78, 5) is 0.0831. The Bertz CT molecular complexity index is 519. The molecule has 0 aliphatic rings. The molecule has 5 nitrogen and oxygen atoms in total. The maximum Gasteiger partial charge on any atom is 0.244 e. The van der Waals surface area contributed by atoms with Crippen LogP contribution in [0.25, 0.3) is 0 Å². The maximum atomic E-state index is 12.1. The van der Waals surface area contributed by atoms with E-state index in [1.165, 1.54) is 25.3 Å². The number of halogens is 1. The molecule has 0 bridgehead atoms. The number of benzene rings is 1. The van der Waals surface area contributed by atoms with Crippen LogP contribution in [0, 0.1) is 0 Å². The van der Waals surface area contributed by atoms with Crippen molar-refractivity contribution >= 4 is 21.6 Å². The van der Waals surface area contributed by atoms with Crippen LogP contribution < -0.4 is 9.46 Å². The first-order valence-corrected chi connectivity index (χ1v) is 8.31. The van der Waals surface area contributed by atoms with Crippen molar-refractivity contribution in [1.82, 2.24) is 4.72 Å². The topological polar surface area (TPSA) is 75.6 Å². The lowest BCUT2D eigenvalue weighted by Gasteiger charge is -2.11. The molecule has 7 heteroatoms. The summed E-state index contributed by atoms with van der Waals surface area (Å²) in [5.74, 6) is 0.227. The van der Waals surface area contributed by atoms with E-state index in [2.05, 4.69) is 4.72 Å². The number of methoxy groups -OCH3 is 1. The van der Waals surface area contributed by atoms with E-state index in [-0.39, 0.29) is 17.3 Å². The van der Waals surface area contributed by atoms with E-state index < -0.39 is 10.0 Å². The van der Waals surface area contributed by atoms with Crippen LogP contribution in [0.3, 0.4) is 0 Å². The van der Waals surface area contributed by atoms with Crippen LogP contribution in [-0.2, 0) is 10.0 Å². The molecule has 2 N–H and O–H groups in total. The number of rotatable bonds is 9. The van der Waals surface area contributed by atoms with Crippen LogP contribution in [0.15, 0.2) is 23.1 Å². The van der Waals surface area contributed by atoms with Crippen LogP contribution in [0.2, 0.25) is 5.02 Å². The fourth-order valence-corrected chi connectivity index (χ4v) is 3.12. The molecule has 1 aromatic carbocycles. The summed E-state index contributed by atoms with van der Waals surface area (Å²) >= 11 is 5.81. The van der Waals surface area contributed by atoms with Crippen LogP contribution >= 0.6 is 11.6 Å². The molecular weight excluding hydrogens is 302 g/mol. The van der Waals surface area contributed by atoms with E-state index in [0.29, 0.717) is 11.6 Å². The Morgan fingerprint density at radius 1 is 1.25 bits per heavy atom. The molecule has 0 atom stereocenters. The van der Waals surface area contributed by atoms with Crippen molar-refractivity contribution in [2.24, 2.45) is 0 Å². The zero-order valence-electron chi connectivity index (χ0n) is 11.4. The highest BCUT2D eigenvalue weighted by Crippen LogP contribution is 2.26. The van der Waals surface area contributed by atoms with Gasteiger partial charge in [0.1, 0.15) is 10.6 Å². The summed E-state index contributed by atoms with van der Waals surface area (Å²) in [5.41, 5.74) is 0. The molecular formula is C13H20ClNO4S. The third kappa shape index (κ3) is 5.28. The van der Waals surface area contributed by atoms with Crippen molar-refractivity contribution in [1.29, 1.82) is 0 Å². The molecule has 0 aliphatic carbocycles. The van der Waals surface area contributed by atoms with Crippen LogP contribution in [-0.4, -0.2) is 33.8 Å². The van der Waals surface area contributed by atoms with Crippen LogP contribution in [0.1, 0.15) is 25.7 Å². The van der Waals surface area contributed by atoms with Gasteiger partial charge in [-0.1, -0.05) is 24.4 Å². The number of hydrogen-bond donors (Lipinski definition) is 2. The van der Waals surface area contributed by atoms with Gasteiger partial charge in [-0.3, -0.25) is 0 Å². The molecule has 114 valence electrons. The average Bonchev–Trinajstić information content (AvgIpc) is 2.42. The molecule has 0 heterocycles. The van der Waals surface area contributed by atoms with Crippen molar-refractivity contribution < 1.29 is 18.3 Å². The third-order valence-corrected chi connectivity index (χ3v) is 4.53. The van der Waals surface area contributed by atoms with Crippen LogP contribution in [0.4, 0.5) is 0 Å². The normalized spacial score (nSPS) is 11.6. The van der Waals surface area contributed by atoms with Crippen LogP contribution in [0.5, 0.6) is 5.75 Å². The van der Waals surface area contributed by atoms with Gasteiger partial charge in [0.05, 0.1) is 7.11 Å². The molecule has 0 amide bonds. The summed E-state index contributed by atoms with van der Waals surface area (Å²) in [6.45, 7) is 0.535. The summed E-state index contributed by atoms with van der Waals surface area (Å²) in [6, 6.07) is 4.41. The molecule has 0 aliphatic heterocycles. The second-order valence-electron chi connectivity index (χ2n) is 4.33. The fourth-order valence-electron chi connectivity index (χ4n) is 1.74. The number of aliphatic hydroxyl groups is 1. The van der Waals surface area contributed by atoms with Crippen molar-refractivity contribution in [3.63, 3.8) is 0 Å². The van der Waals surface area contributed by atoms with Gasteiger partial charge in [-0.2, -0.15) is 0 Å². The Morgan fingerprint density at radius 2 is 1.95 bits per heavy atom. The van der Waals surface area contributed by atoms with Crippen molar-refractivity contribution in [3.8, 4) is 5.75 Å². The standard InChI is InChI=1S/C13H20ClNO4S/c1-19-12-10-11(14)6-7-13(12)20(17,18)15-8-4-2-3-5-9-16/h6-7,10,15-16H,2-5,8-9H2,1H3. The number of unbranched alkanes of at least 4 members (excludes halogenated alkanes) is 3. The largest absolute Gasteiger partial charge is 0.495 e. The molecule has 0 fully saturated rings. The van der Waals surface area contributed by atoms with Gasteiger partial charge < -0.3 is 9.84 Å². The first kappa shape index (κ1) is 17.2. The first-order valence-electron chi connectivity index (χ1n) is 6.45. The van der Waals surface area contributed by atoms with E-state index in [0.717, 1.165) is 25.7 Å². The molecule has 0 saturated heterocycles. The lowest BCUT2D eigenvalue weighted by molar-refractivity contribution is 0.282. The predicted octanol–water partition coefficient (Wildman–Crippen LogP) is 2.18. The number of nitrogens with one attached hydrogen (secondary N) is 1. The maximum absolute atomic E-state index is 12.1. The summed E-state index contributed by atoms with van der Waals surface area (Å²) in [6.07, 6.45) is 3.25. The zero-order valence-corrected chi connectivity index (χ0v) is 13.0. The number of hydrogen-bond acceptors (Lipinski definition) is 4. The summed E-state index contributed by atoms with van der Waals surface area (Å²) < 4.78 is 31.8. The first-order chi connectivity index (χ1) is 9.51. The second-order valence-corrected chi connectivity index (χ2v) is 6.50. The molecule has 20 heavy (non-hydrogen) atoms. The molecule has 0 unspecified atom stereocenters. The molecule has 0 radical (unpaired) electrons. The average molecular weight is 322 g/mol. The number of aliphatic hydroxyl groups excluding tert-OH is 1. The Hall–Kier alpha value is -0.820. The summed E-state index contributed by atoms with van der Waals surface area (Å²) in [7, 11) is -2.19. The number of sulfonamides is 1. The van der Waals surface area contributed by atoms with Gasteiger partial charge in [0.15, 0.2) is 0 Å². The second kappa shape index (κ2) is 8.46. The highest BCUT2D eigenvalue weighted by atomic mass is 35.5. The highest BCUT2D eigenvalue weighted by Gasteiger charge is 2.18. The van der Waals surface area contributed by atoms with Gasteiger partial charge in [-0.05, 0) is 25.0 Å². The molecule has 1 rings (SSSR count). The minimum Gasteiger partial charge on any atom is -0.495 e. The van der Waals surface area contributed by atoms with E-state index >= 15 is 0 Å². The quantitative estimate of drug-likeness (QED) is 0.684. The monoisotopic (exact) mass is 321 g/mol. The Labute approximate surface area is 125 Å². The Morgan fingerprint density at radius 3 is 2.60 bits per heavy atom. The smallest absolute Gasteiger partial charge is 0.244 e. The third-order valence-electron chi connectivity index (χ3n) is 2.79. The van der Waals surface area contributed by atoms with Gasteiger partial charge in [-0.25, -0.2) is 13.1 Å². The highest BCUT2D eigenvalue weighted by molar-refractivity contribution is 7.89. The van der Waals surface area contributed by atoms with E-state index in [9.17, 15) is 8.42 Å². The molecule has 0 spiro atoms. The van der Waals surface area contributed by atoms with Crippen molar-refractivity contribution in [2.45, 2.75) is 30.6 Å². The van der Waals surface area contributed by atoms with Crippen molar-refractivity contribution in [3.05, 3.63) is 23.2 Å². The minimum atomic E-state index is -3.60. The fraction of sp³-hybridized carbons (Fsp3) is 0.538. The van der Waals surface area contributed by atoms with Crippen molar-refractivity contribution in [2.75, 3.05) is 20.3 Å². The lowest BCUT2D eigenvalue weighted by atomic mass is 10.2. The Balaban J connectivity index is 2.60. The predicted molar refractivity (Wildman–Crippen MR) is 78.7 cm³/mol. The zero-order chi connectivity index (χ0) is 15.0. The summed E-state index contributed by atoms with van der Waals surface area (Å²) in [5, 5.41) is 9.07.